The number of aliphatic hydroxyl groups is 1. The van der Waals surface area contributed by atoms with Gasteiger partial charge >= 0.3 is 0 Å². The number of hydrogen-bond donors (Lipinski definition) is 2. The van der Waals surface area contributed by atoms with E-state index in [1.807, 2.05) is 50.7 Å². The van der Waals surface area contributed by atoms with E-state index < -0.39 is 5.60 Å². The Hall–Kier alpha value is -2.59. The average Bonchev–Trinajstić information content (AvgIpc) is 3.55. The average molecular weight is 496 g/mol. The maximum absolute atomic E-state index is 14.0. The summed E-state index contributed by atoms with van der Waals surface area (Å²) in [6.45, 7) is 2.34. The van der Waals surface area contributed by atoms with Crippen LogP contribution >= 0.6 is 11.3 Å². The monoisotopic (exact) mass is 495 g/mol. The molecule has 186 valence electrons. The molecule has 1 aromatic carbocycles. The zero-order valence-electron chi connectivity index (χ0n) is 20.1. The largest absolute Gasteiger partial charge is 0.385 e. The third-order valence-electron chi connectivity index (χ3n) is 7.27. The van der Waals surface area contributed by atoms with Crippen LogP contribution in [0.25, 0.3) is 11.3 Å². The molecule has 0 spiro atoms. The first-order chi connectivity index (χ1) is 17.1. The molecule has 3 aromatic rings. The summed E-state index contributed by atoms with van der Waals surface area (Å²) >= 11 is 1.57. The van der Waals surface area contributed by atoms with E-state index in [-0.39, 0.29) is 24.6 Å². The Morgan fingerprint density at radius 2 is 2.14 bits per heavy atom. The van der Waals surface area contributed by atoms with Gasteiger partial charge in [0.25, 0.3) is 5.91 Å². The van der Waals surface area contributed by atoms with E-state index >= 15 is 0 Å². The number of nitrogens with one attached hydrogen (secondary N) is 1. The fourth-order valence-corrected chi connectivity index (χ4v) is 6.15. The SMILES string of the molecule is COC[C@]1(O)CCCC[C@H]1n1cnc(C(=O)N2CCNC[C@H]2Cc2cscn2)c1-c1ccccc1. The lowest BCUT2D eigenvalue weighted by Gasteiger charge is -2.41. The number of piperazine rings is 1. The summed E-state index contributed by atoms with van der Waals surface area (Å²) in [6.07, 6.45) is 5.89. The van der Waals surface area contributed by atoms with Gasteiger partial charge in [-0.15, -0.1) is 11.3 Å². The van der Waals surface area contributed by atoms with Crippen LogP contribution in [0.5, 0.6) is 0 Å². The van der Waals surface area contributed by atoms with Crippen molar-refractivity contribution >= 4 is 17.2 Å². The summed E-state index contributed by atoms with van der Waals surface area (Å²) in [4.78, 5) is 25.1. The summed E-state index contributed by atoms with van der Waals surface area (Å²) < 4.78 is 7.45. The molecule has 1 saturated carbocycles. The third kappa shape index (κ3) is 4.91. The first-order valence-corrected chi connectivity index (χ1v) is 13.3. The molecule has 0 radical (unpaired) electrons. The van der Waals surface area contributed by atoms with Crippen molar-refractivity contribution in [2.24, 2.45) is 0 Å². The van der Waals surface area contributed by atoms with Gasteiger partial charge < -0.3 is 24.6 Å². The van der Waals surface area contributed by atoms with Gasteiger partial charge in [0.05, 0.1) is 41.9 Å². The maximum Gasteiger partial charge on any atom is 0.275 e. The molecular formula is C26H33N5O3S. The maximum atomic E-state index is 14.0. The number of imidazole rings is 1. The minimum absolute atomic E-state index is 0.00669. The number of thiazole rings is 1. The van der Waals surface area contributed by atoms with Gasteiger partial charge in [-0.2, -0.15) is 0 Å². The summed E-state index contributed by atoms with van der Waals surface area (Å²) in [5.74, 6) is -0.0737. The van der Waals surface area contributed by atoms with Gasteiger partial charge in [-0.1, -0.05) is 43.2 Å². The van der Waals surface area contributed by atoms with Crippen molar-refractivity contribution in [1.29, 1.82) is 0 Å². The molecule has 2 aromatic heterocycles. The van der Waals surface area contributed by atoms with E-state index in [1.165, 1.54) is 0 Å². The molecule has 8 nitrogen and oxygen atoms in total. The van der Waals surface area contributed by atoms with E-state index in [0.29, 0.717) is 25.1 Å². The van der Waals surface area contributed by atoms with Crippen molar-refractivity contribution in [3.63, 3.8) is 0 Å². The second-order valence-electron chi connectivity index (χ2n) is 9.55. The number of carbonyl (C=O) groups excluding carboxylic acids is 1. The molecule has 2 fully saturated rings. The van der Waals surface area contributed by atoms with Crippen LogP contribution in [0.3, 0.4) is 0 Å². The predicted molar refractivity (Wildman–Crippen MR) is 136 cm³/mol. The van der Waals surface area contributed by atoms with Crippen LogP contribution in [-0.2, 0) is 11.2 Å². The van der Waals surface area contributed by atoms with Crippen LogP contribution in [0, 0.1) is 0 Å². The van der Waals surface area contributed by atoms with E-state index in [2.05, 4.69) is 15.3 Å². The molecule has 2 N–H and O–H groups in total. The molecule has 9 heteroatoms. The van der Waals surface area contributed by atoms with Crippen molar-refractivity contribution in [2.45, 2.75) is 49.8 Å². The van der Waals surface area contributed by atoms with E-state index in [1.54, 1.807) is 24.8 Å². The van der Waals surface area contributed by atoms with Crippen LogP contribution in [-0.4, -0.2) is 75.4 Å². The Morgan fingerprint density at radius 3 is 2.91 bits per heavy atom. The Labute approximate surface area is 210 Å². The highest BCUT2D eigenvalue weighted by Gasteiger charge is 2.42. The number of hydrogen-bond acceptors (Lipinski definition) is 7. The number of nitrogens with zero attached hydrogens (tertiary/aromatic N) is 4. The van der Waals surface area contributed by atoms with Crippen molar-refractivity contribution in [2.75, 3.05) is 33.4 Å². The fourth-order valence-electron chi connectivity index (χ4n) is 5.58. The Bertz CT molecular complexity index is 1120. The van der Waals surface area contributed by atoms with E-state index in [9.17, 15) is 9.90 Å². The highest BCUT2D eigenvalue weighted by Crippen LogP contribution is 2.41. The molecule has 35 heavy (non-hydrogen) atoms. The molecule has 0 bridgehead atoms. The lowest BCUT2D eigenvalue weighted by molar-refractivity contribution is -0.0893. The summed E-state index contributed by atoms with van der Waals surface area (Å²) in [6, 6.07) is 9.72. The first-order valence-electron chi connectivity index (χ1n) is 12.3. The molecule has 1 amide bonds. The van der Waals surface area contributed by atoms with Crippen LogP contribution in [0.15, 0.2) is 47.5 Å². The van der Waals surface area contributed by atoms with E-state index in [4.69, 9.17) is 4.74 Å². The van der Waals surface area contributed by atoms with Gasteiger partial charge in [-0.25, -0.2) is 9.97 Å². The topological polar surface area (TPSA) is 92.5 Å². The Morgan fingerprint density at radius 1 is 1.29 bits per heavy atom. The van der Waals surface area contributed by atoms with Crippen molar-refractivity contribution in [3.8, 4) is 11.3 Å². The summed E-state index contributed by atoms with van der Waals surface area (Å²) in [5.41, 5.74) is 3.96. The summed E-state index contributed by atoms with van der Waals surface area (Å²) in [7, 11) is 1.62. The minimum atomic E-state index is -1.00. The molecule has 0 unspecified atom stereocenters. The lowest BCUT2D eigenvalue weighted by Crippen LogP contribution is -2.54. The predicted octanol–water partition coefficient (Wildman–Crippen LogP) is 3.16. The second kappa shape index (κ2) is 10.6. The van der Waals surface area contributed by atoms with Gasteiger partial charge in [-0.3, -0.25) is 4.79 Å². The van der Waals surface area contributed by atoms with Gasteiger partial charge in [0.2, 0.25) is 0 Å². The van der Waals surface area contributed by atoms with Crippen LogP contribution in [0.4, 0.5) is 0 Å². The first kappa shape index (κ1) is 24.1. The van der Waals surface area contributed by atoms with Crippen LogP contribution in [0.1, 0.15) is 47.9 Å². The molecule has 1 saturated heterocycles. The van der Waals surface area contributed by atoms with Crippen LogP contribution < -0.4 is 5.32 Å². The van der Waals surface area contributed by atoms with Gasteiger partial charge in [-0.05, 0) is 12.8 Å². The van der Waals surface area contributed by atoms with Crippen molar-refractivity contribution in [3.05, 3.63) is 58.9 Å². The number of carbonyl (C=O) groups is 1. The number of ether oxygens (including phenoxy) is 1. The van der Waals surface area contributed by atoms with Gasteiger partial charge in [0, 0.05) is 44.1 Å². The molecular weight excluding hydrogens is 462 g/mol. The number of aromatic nitrogens is 3. The molecule has 3 heterocycles. The highest BCUT2D eigenvalue weighted by atomic mass is 32.1. The highest BCUT2D eigenvalue weighted by molar-refractivity contribution is 7.07. The molecule has 3 atom stereocenters. The van der Waals surface area contributed by atoms with E-state index in [0.717, 1.165) is 49.3 Å². The lowest BCUT2D eigenvalue weighted by atomic mass is 9.80. The Balaban J connectivity index is 1.54. The molecule has 1 aliphatic carbocycles. The number of benzene rings is 1. The molecule has 2 aliphatic rings. The third-order valence-corrected chi connectivity index (χ3v) is 7.91. The van der Waals surface area contributed by atoms with Crippen molar-refractivity contribution in [1.82, 2.24) is 24.8 Å². The molecule has 5 rings (SSSR count). The Kier molecular flexibility index (Phi) is 7.29. The second-order valence-corrected chi connectivity index (χ2v) is 10.3. The quantitative estimate of drug-likeness (QED) is 0.523. The standard InChI is InChI=1S/C26H33N5O3S/c1-34-16-26(33)10-6-5-9-22(26)31-17-28-23(24(31)19-7-3-2-4-8-19)25(32)30-12-11-27-14-21(30)13-20-15-35-18-29-20/h2-4,7-8,15,17-18,21-22,27,33H,5-6,9-14,16H2,1H3/t21-,22-,26-/m1/s1. The fraction of sp³-hybridized carbons (Fsp3) is 0.500. The summed E-state index contributed by atoms with van der Waals surface area (Å²) in [5, 5.41) is 17.0. The zero-order valence-corrected chi connectivity index (χ0v) is 20.9. The smallest absolute Gasteiger partial charge is 0.275 e. The molecule has 1 aliphatic heterocycles. The number of amides is 1. The van der Waals surface area contributed by atoms with Gasteiger partial charge in [0.1, 0.15) is 5.60 Å². The van der Waals surface area contributed by atoms with Crippen LogP contribution in [0.2, 0.25) is 0 Å². The van der Waals surface area contributed by atoms with Gasteiger partial charge in [0.15, 0.2) is 5.69 Å². The minimum Gasteiger partial charge on any atom is -0.385 e. The number of rotatable bonds is 7. The zero-order chi connectivity index (χ0) is 24.3. The normalized spacial score (nSPS) is 25.0. The number of methoxy groups -OCH3 is 1. The van der Waals surface area contributed by atoms with Crippen molar-refractivity contribution < 1.29 is 14.6 Å².